The summed E-state index contributed by atoms with van der Waals surface area (Å²) in [6, 6.07) is 0.584. The number of rotatable bonds is 10. The number of hydrogen-bond donors (Lipinski definition) is 5. The highest BCUT2D eigenvalue weighted by molar-refractivity contribution is 8.00. The molecule has 4 aliphatic rings. The summed E-state index contributed by atoms with van der Waals surface area (Å²) < 4.78 is 0. The van der Waals surface area contributed by atoms with E-state index in [2.05, 4.69) is 16.0 Å². The molecule has 1 unspecified atom stereocenters. The number of nitro groups is 1. The Balaban J connectivity index is 1.31. The zero-order valence-corrected chi connectivity index (χ0v) is 25.7. The van der Waals surface area contributed by atoms with Gasteiger partial charge in [0.1, 0.15) is 40.3 Å². The maximum absolute atomic E-state index is 13.5. The van der Waals surface area contributed by atoms with Gasteiger partial charge < -0.3 is 26.2 Å². The Kier molecular flexibility index (Phi) is 8.81. The van der Waals surface area contributed by atoms with Crippen molar-refractivity contribution in [1.29, 1.82) is 0 Å². The van der Waals surface area contributed by atoms with Gasteiger partial charge in [-0.25, -0.2) is 9.59 Å². The fraction of sp³-hybridized carbons (Fsp3) is 0.370. The molecule has 0 aromatic heterocycles. The van der Waals surface area contributed by atoms with Crippen molar-refractivity contribution in [3.8, 4) is 0 Å². The quantitative estimate of drug-likeness (QED) is 0.121. The van der Waals surface area contributed by atoms with Crippen LogP contribution in [-0.2, 0) is 28.8 Å². The molecule has 0 radical (unpaired) electrons. The summed E-state index contributed by atoms with van der Waals surface area (Å²) in [6.45, 7) is 3.16. The molecule has 0 spiro atoms. The Bertz CT molecular complexity index is 1660. The third kappa shape index (κ3) is 5.78. The first-order chi connectivity index (χ1) is 21.7. The average Bonchev–Trinajstić information content (AvgIpc) is 3.01. The van der Waals surface area contributed by atoms with E-state index in [1.165, 1.54) is 23.5 Å². The van der Waals surface area contributed by atoms with Gasteiger partial charge in [-0.05, 0) is 37.1 Å². The number of nitrogens with zero attached hydrogens (tertiary/aromatic N) is 3. The molecule has 19 heteroatoms. The number of nitrogens with one attached hydrogen (secondary N) is 3. The number of non-ortho nitro benzene ring substituents is 1. The van der Waals surface area contributed by atoms with Crippen LogP contribution in [0.25, 0.3) is 0 Å². The summed E-state index contributed by atoms with van der Waals surface area (Å²) in [4.78, 5) is 101. The molecule has 1 aromatic carbocycles. The summed E-state index contributed by atoms with van der Waals surface area (Å²) in [5.41, 5.74) is 0.248. The van der Waals surface area contributed by atoms with E-state index in [9.17, 15) is 53.9 Å². The van der Waals surface area contributed by atoms with E-state index < -0.39 is 81.7 Å². The van der Waals surface area contributed by atoms with Crippen LogP contribution in [0, 0.1) is 10.1 Å². The van der Waals surface area contributed by atoms with Gasteiger partial charge in [-0.3, -0.25) is 43.9 Å². The number of carbonyl (C=O) groups is 7. The number of β-lactam (4-membered cyclic amide) rings is 2. The minimum atomic E-state index is -1.60. The van der Waals surface area contributed by atoms with Gasteiger partial charge in [-0.1, -0.05) is 0 Å². The first-order valence-electron chi connectivity index (χ1n) is 13.6. The largest absolute Gasteiger partial charge is 0.477 e. The molecule has 5 N–H and O–H groups in total. The van der Waals surface area contributed by atoms with Crippen LogP contribution in [0.2, 0.25) is 0 Å². The zero-order valence-electron chi connectivity index (χ0n) is 24.0. The van der Waals surface area contributed by atoms with Crippen molar-refractivity contribution < 1.29 is 48.7 Å². The van der Waals surface area contributed by atoms with Crippen LogP contribution in [0.15, 0.2) is 46.8 Å². The lowest BCUT2D eigenvalue weighted by atomic mass is 10.0. The van der Waals surface area contributed by atoms with Crippen LogP contribution in [0.4, 0.5) is 5.69 Å². The third-order valence-electron chi connectivity index (χ3n) is 7.69. The van der Waals surface area contributed by atoms with E-state index >= 15 is 0 Å². The van der Waals surface area contributed by atoms with E-state index in [-0.39, 0.29) is 28.4 Å². The van der Waals surface area contributed by atoms with E-state index in [0.717, 1.165) is 34.1 Å². The number of carbonyl (C=O) groups excluding carboxylic acids is 5. The van der Waals surface area contributed by atoms with Gasteiger partial charge in [0, 0.05) is 29.2 Å². The summed E-state index contributed by atoms with van der Waals surface area (Å²) in [7, 11) is 0. The maximum Gasteiger partial charge on any atom is 0.352 e. The fourth-order valence-corrected chi connectivity index (χ4v) is 7.99. The highest BCUT2D eigenvalue weighted by Gasteiger charge is 2.55. The van der Waals surface area contributed by atoms with Gasteiger partial charge in [0.25, 0.3) is 23.4 Å². The minimum absolute atomic E-state index is 0.0731. The second-order valence-corrected chi connectivity index (χ2v) is 13.0. The number of hydrogen-bond acceptors (Lipinski definition) is 11. The summed E-state index contributed by atoms with van der Waals surface area (Å²) in [5, 5.41) is 36.0. The van der Waals surface area contributed by atoms with Crippen LogP contribution in [0.1, 0.15) is 30.6 Å². The van der Waals surface area contributed by atoms with Crippen molar-refractivity contribution in [2.24, 2.45) is 0 Å². The van der Waals surface area contributed by atoms with Crippen LogP contribution < -0.4 is 16.0 Å². The van der Waals surface area contributed by atoms with Crippen molar-refractivity contribution in [3.63, 3.8) is 0 Å². The predicted molar refractivity (Wildman–Crippen MR) is 160 cm³/mol. The SMILES string of the molecule is CC1=C(C(=O)O)N2C(=O)[C@@H](NC(=O)CC(NC(=O)c3ccc([N+](=O)[O-])cc3)C(=O)N[C@@H]3C(=O)N4C(C(=O)O)=C(C)CS[C@H]34)[C@H]2SC1. The Labute approximate surface area is 267 Å². The molecule has 0 bridgehead atoms. The molecule has 5 atom stereocenters. The predicted octanol–water partition coefficient (Wildman–Crippen LogP) is -0.400. The lowest BCUT2D eigenvalue weighted by molar-refractivity contribution is -0.384. The molecule has 4 heterocycles. The smallest absolute Gasteiger partial charge is 0.352 e. The molecule has 46 heavy (non-hydrogen) atoms. The Hall–Kier alpha value is -4.91. The second kappa shape index (κ2) is 12.5. The van der Waals surface area contributed by atoms with Crippen LogP contribution in [0.5, 0.6) is 0 Å². The molecule has 5 rings (SSSR count). The monoisotopic (exact) mass is 674 g/mol. The number of fused-ring (bicyclic) bond motifs is 2. The van der Waals surface area contributed by atoms with Crippen molar-refractivity contribution >= 4 is 70.7 Å². The lowest BCUT2D eigenvalue weighted by Crippen LogP contribution is -2.72. The van der Waals surface area contributed by atoms with E-state index in [4.69, 9.17) is 0 Å². The standard InChI is InChI=1S/C27H26N6O11S2/c1-10-8-45-24-16(22(37)31(24)18(10)26(39)40)29-15(34)7-14(28-20(35)12-3-5-13(6-4-12)33(43)44)21(36)30-17-23(38)32-19(27(41)42)11(2)9-46-25(17)32/h3-6,14,16-17,24-25H,7-9H2,1-2H3,(H,28,35)(H,29,34)(H,30,36)(H,39,40)(H,41,42)/t14?,16-,17-,24-,25-/m1/s1. The van der Waals surface area contributed by atoms with Crippen molar-refractivity contribution in [2.75, 3.05) is 11.5 Å². The normalized spacial score (nSPS) is 24.1. The fourth-order valence-electron chi connectivity index (χ4n) is 5.41. The van der Waals surface area contributed by atoms with Crippen LogP contribution in [0.3, 0.4) is 0 Å². The van der Waals surface area contributed by atoms with Crippen LogP contribution >= 0.6 is 23.5 Å². The molecular weight excluding hydrogens is 648 g/mol. The summed E-state index contributed by atoms with van der Waals surface area (Å²) in [6.07, 6.45) is -0.700. The highest BCUT2D eigenvalue weighted by Crippen LogP contribution is 2.41. The first kappa shape index (κ1) is 32.5. The average molecular weight is 675 g/mol. The number of thioether (sulfide) groups is 2. The van der Waals surface area contributed by atoms with Gasteiger partial charge in [0.05, 0.1) is 11.3 Å². The molecule has 0 aliphatic carbocycles. The molecule has 0 saturated carbocycles. The Morgan fingerprint density at radius 2 is 1.37 bits per heavy atom. The summed E-state index contributed by atoms with van der Waals surface area (Å²) in [5.74, 6) is -6.01. The Morgan fingerprint density at radius 1 is 0.891 bits per heavy atom. The molecule has 242 valence electrons. The first-order valence-corrected chi connectivity index (χ1v) is 15.7. The van der Waals surface area contributed by atoms with Crippen molar-refractivity contribution in [2.45, 2.75) is 49.1 Å². The zero-order chi connectivity index (χ0) is 33.6. The number of benzene rings is 1. The van der Waals surface area contributed by atoms with Gasteiger partial charge >= 0.3 is 11.9 Å². The highest BCUT2D eigenvalue weighted by atomic mass is 32.2. The molecular formula is C27H26N6O11S2. The maximum atomic E-state index is 13.5. The molecule has 5 amide bonds. The van der Waals surface area contributed by atoms with Gasteiger partial charge in [-0.2, -0.15) is 0 Å². The minimum Gasteiger partial charge on any atom is -0.477 e. The second-order valence-electron chi connectivity index (χ2n) is 10.8. The third-order valence-corrected chi connectivity index (χ3v) is 10.5. The number of amides is 5. The van der Waals surface area contributed by atoms with Gasteiger partial charge in [-0.15, -0.1) is 23.5 Å². The number of carboxylic acids is 2. The number of carboxylic acid groups (broad SMARTS) is 2. The lowest BCUT2D eigenvalue weighted by Gasteiger charge is -2.49. The van der Waals surface area contributed by atoms with E-state index in [0.29, 0.717) is 16.9 Å². The number of aliphatic carboxylic acids is 2. The molecule has 2 saturated heterocycles. The van der Waals surface area contributed by atoms with Crippen LogP contribution in [-0.4, -0.2) is 107 Å². The van der Waals surface area contributed by atoms with Gasteiger partial charge in [0.2, 0.25) is 11.8 Å². The number of nitro benzene ring substituents is 1. The topological polar surface area (TPSA) is 246 Å². The van der Waals surface area contributed by atoms with Crippen molar-refractivity contribution in [1.82, 2.24) is 25.8 Å². The molecule has 1 aromatic rings. The molecule has 17 nitrogen and oxygen atoms in total. The van der Waals surface area contributed by atoms with Crippen molar-refractivity contribution in [3.05, 3.63) is 62.5 Å². The molecule has 2 fully saturated rings. The Morgan fingerprint density at radius 3 is 1.83 bits per heavy atom. The van der Waals surface area contributed by atoms with Gasteiger partial charge in [0.15, 0.2) is 0 Å². The van der Waals surface area contributed by atoms with E-state index in [1.54, 1.807) is 13.8 Å². The van der Waals surface area contributed by atoms with E-state index in [1.807, 2.05) is 0 Å². The summed E-state index contributed by atoms with van der Waals surface area (Å²) >= 11 is 2.47. The molecule has 4 aliphatic heterocycles.